The summed E-state index contributed by atoms with van der Waals surface area (Å²) < 4.78 is 4.72. The molecular weight excluding hydrogens is 360 g/mol. The van der Waals surface area contributed by atoms with E-state index in [1.165, 1.54) is 7.11 Å². The lowest BCUT2D eigenvalue weighted by Gasteiger charge is -2.32. The summed E-state index contributed by atoms with van der Waals surface area (Å²) in [4.78, 5) is 31.2. The first-order valence-corrected chi connectivity index (χ1v) is 9.48. The molecule has 1 unspecified atom stereocenters. The lowest BCUT2D eigenvalue weighted by Crippen LogP contribution is -2.40. The maximum absolute atomic E-state index is 12.6. The Bertz CT molecular complexity index is 767. The Balaban J connectivity index is 1.45. The predicted octanol–water partition coefficient (Wildman–Crippen LogP) is 1.66. The Morgan fingerprint density at radius 3 is 2.54 bits per heavy atom. The number of amides is 1. The summed E-state index contributed by atoms with van der Waals surface area (Å²) in [7, 11) is 1.40. The molecule has 28 heavy (non-hydrogen) atoms. The zero-order chi connectivity index (χ0) is 20.1. The van der Waals surface area contributed by atoms with Gasteiger partial charge >= 0.3 is 5.97 Å². The number of amidine groups is 1. The molecule has 3 rings (SSSR count). The molecule has 1 aromatic rings. The third-order valence-corrected chi connectivity index (χ3v) is 5.31. The lowest BCUT2D eigenvalue weighted by molar-refractivity contribution is -0.142. The maximum Gasteiger partial charge on any atom is 0.305 e. The number of hydrogen-bond acceptors (Lipinski definition) is 6. The van der Waals surface area contributed by atoms with Crippen molar-refractivity contribution in [1.29, 1.82) is 5.41 Å². The van der Waals surface area contributed by atoms with Crippen molar-refractivity contribution in [2.24, 2.45) is 16.8 Å². The van der Waals surface area contributed by atoms with E-state index in [4.69, 9.17) is 20.7 Å². The van der Waals surface area contributed by atoms with Gasteiger partial charge in [0.2, 0.25) is 5.91 Å². The van der Waals surface area contributed by atoms with Crippen molar-refractivity contribution in [3.63, 3.8) is 0 Å². The zero-order valence-corrected chi connectivity index (χ0v) is 16.0. The quantitative estimate of drug-likeness (QED) is 0.438. The molecular formula is C20H26N4O4. The Kier molecular flexibility index (Phi) is 6.28. The fourth-order valence-corrected chi connectivity index (χ4v) is 3.58. The van der Waals surface area contributed by atoms with Crippen LogP contribution in [-0.2, 0) is 19.2 Å². The van der Waals surface area contributed by atoms with Gasteiger partial charge < -0.3 is 20.2 Å². The number of carbonyl (C=O) groups excluding carboxylic acids is 2. The van der Waals surface area contributed by atoms with E-state index < -0.39 is 0 Å². The summed E-state index contributed by atoms with van der Waals surface area (Å²) in [5, 5.41) is 11.6. The summed E-state index contributed by atoms with van der Waals surface area (Å²) in [5.41, 5.74) is 7.83. The summed E-state index contributed by atoms with van der Waals surface area (Å²) >= 11 is 0. The van der Waals surface area contributed by atoms with Crippen LogP contribution in [0, 0.1) is 11.3 Å². The van der Waals surface area contributed by atoms with Gasteiger partial charge in [0.1, 0.15) is 11.9 Å². The molecule has 2 aliphatic rings. The van der Waals surface area contributed by atoms with Crippen LogP contribution in [0.1, 0.15) is 43.2 Å². The van der Waals surface area contributed by atoms with E-state index in [9.17, 15) is 9.59 Å². The highest BCUT2D eigenvalue weighted by Crippen LogP contribution is 2.24. The number of esters is 1. The molecule has 1 aromatic carbocycles. The van der Waals surface area contributed by atoms with Crippen molar-refractivity contribution >= 4 is 23.4 Å². The van der Waals surface area contributed by atoms with Gasteiger partial charge in [-0.05, 0) is 24.3 Å². The topological polar surface area (TPSA) is 118 Å². The van der Waals surface area contributed by atoms with Gasteiger partial charge in [-0.25, -0.2) is 0 Å². The van der Waals surface area contributed by atoms with Crippen LogP contribution in [0.2, 0.25) is 0 Å². The number of nitrogens with one attached hydrogen (secondary N) is 1. The molecule has 0 aliphatic carbocycles. The standard InChI is InChI=1S/C20H26N4O4/c1-27-19(26)10-13-6-8-24(9-7-13)18(25)12-16-11-17(23-28-16)14-2-4-15(5-3-14)20(21)22/h2-5,13,16H,6-12H2,1H3,(H3,21,22). The highest BCUT2D eigenvalue weighted by Gasteiger charge is 2.29. The monoisotopic (exact) mass is 386 g/mol. The third kappa shape index (κ3) is 4.88. The molecule has 0 spiro atoms. The van der Waals surface area contributed by atoms with Crippen LogP contribution in [0.5, 0.6) is 0 Å². The molecule has 0 bridgehead atoms. The van der Waals surface area contributed by atoms with E-state index in [2.05, 4.69) is 5.16 Å². The molecule has 3 N–H and O–H groups in total. The summed E-state index contributed by atoms with van der Waals surface area (Å²) in [6.45, 7) is 1.32. The summed E-state index contributed by atoms with van der Waals surface area (Å²) in [6, 6.07) is 7.26. The Hall–Kier alpha value is -2.90. The van der Waals surface area contributed by atoms with Crippen molar-refractivity contribution in [2.75, 3.05) is 20.2 Å². The number of ether oxygens (including phenoxy) is 1. The fraction of sp³-hybridized carbons (Fsp3) is 0.500. The molecule has 0 saturated carbocycles. The number of nitrogens with two attached hydrogens (primary N) is 1. The van der Waals surface area contributed by atoms with Gasteiger partial charge in [0, 0.05) is 31.5 Å². The first-order valence-electron chi connectivity index (χ1n) is 9.48. The van der Waals surface area contributed by atoms with E-state index in [1.54, 1.807) is 12.1 Å². The number of benzene rings is 1. The molecule has 1 amide bonds. The zero-order valence-electron chi connectivity index (χ0n) is 16.0. The average molecular weight is 386 g/mol. The second-order valence-corrected chi connectivity index (χ2v) is 7.27. The third-order valence-electron chi connectivity index (χ3n) is 5.31. The molecule has 150 valence electrons. The van der Waals surface area contributed by atoms with Gasteiger partial charge in [-0.1, -0.05) is 29.4 Å². The molecule has 1 fully saturated rings. The lowest BCUT2D eigenvalue weighted by atomic mass is 9.93. The van der Waals surface area contributed by atoms with Crippen LogP contribution < -0.4 is 5.73 Å². The maximum atomic E-state index is 12.6. The predicted molar refractivity (Wildman–Crippen MR) is 104 cm³/mol. The largest absolute Gasteiger partial charge is 0.469 e. The molecule has 0 aromatic heterocycles. The minimum atomic E-state index is -0.261. The normalized spacial score (nSPS) is 19.7. The number of nitrogens with zero attached hydrogens (tertiary/aromatic N) is 2. The first kappa shape index (κ1) is 19.9. The highest BCUT2D eigenvalue weighted by molar-refractivity contribution is 6.02. The number of methoxy groups -OCH3 is 1. The van der Waals surface area contributed by atoms with Gasteiger partial charge in [-0.2, -0.15) is 0 Å². The van der Waals surface area contributed by atoms with Crippen LogP contribution in [0.15, 0.2) is 29.4 Å². The van der Waals surface area contributed by atoms with E-state index in [-0.39, 0.29) is 29.7 Å². The molecule has 8 heteroatoms. The Morgan fingerprint density at radius 1 is 1.25 bits per heavy atom. The molecule has 8 nitrogen and oxygen atoms in total. The van der Waals surface area contributed by atoms with Crippen LogP contribution in [-0.4, -0.2) is 54.6 Å². The number of nitrogen functional groups attached to an aromatic ring is 1. The van der Waals surface area contributed by atoms with Gasteiger partial charge in [0.25, 0.3) is 0 Å². The number of likely N-dealkylation sites (tertiary alicyclic amines) is 1. The highest BCUT2D eigenvalue weighted by atomic mass is 16.6. The van der Waals surface area contributed by atoms with E-state index >= 15 is 0 Å². The van der Waals surface area contributed by atoms with Crippen molar-refractivity contribution in [3.05, 3.63) is 35.4 Å². The van der Waals surface area contributed by atoms with Gasteiger partial charge in [-0.3, -0.25) is 15.0 Å². The fourth-order valence-electron chi connectivity index (χ4n) is 3.58. The number of carbonyl (C=O) groups is 2. The van der Waals surface area contributed by atoms with Crippen molar-refractivity contribution in [1.82, 2.24) is 4.90 Å². The molecule has 0 radical (unpaired) electrons. The van der Waals surface area contributed by atoms with Crippen LogP contribution in [0.3, 0.4) is 0 Å². The second kappa shape index (κ2) is 8.86. The number of oxime groups is 1. The SMILES string of the molecule is COC(=O)CC1CCN(C(=O)CC2CC(c3ccc(C(=N)N)cc3)=NO2)CC1. The summed E-state index contributed by atoms with van der Waals surface area (Å²) in [5.74, 6) is 0.178. The van der Waals surface area contributed by atoms with Crippen molar-refractivity contribution < 1.29 is 19.2 Å². The minimum absolute atomic E-state index is 0.0231. The minimum Gasteiger partial charge on any atom is -0.469 e. The van der Waals surface area contributed by atoms with E-state index in [0.717, 1.165) is 24.1 Å². The van der Waals surface area contributed by atoms with Crippen LogP contribution in [0.25, 0.3) is 0 Å². The van der Waals surface area contributed by atoms with Crippen LogP contribution >= 0.6 is 0 Å². The van der Waals surface area contributed by atoms with E-state index in [0.29, 0.717) is 37.9 Å². The molecule has 1 saturated heterocycles. The average Bonchev–Trinajstić information content (AvgIpc) is 3.17. The van der Waals surface area contributed by atoms with Crippen molar-refractivity contribution in [3.8, 4) is 0 Å². The Labute approximate surface area is 164 Å². The number of rotatable bonds is 6. The summed E-state index contributed by atoms with van der Waals surface area (Å²) in [6.07, 6.45) is 2.66. The van der Waals surface area contributed by atoms with Crippen molar-refractivity contribution in [2.45, 2.75) is 38.2 Å². The first-order chi connectivity index (χ1) is 13.5. The smallest absolute Gasteiger partial charge is 0.305 e. The molecule has 2 heterocycles. The van der Waals surface area contributed by atoms with E-state index in [1.807, 2.05) is 17.0 Å². The second-order valence-electron chi connectivity index (χ2n) is 7.27. The van der Waals surface area contributed by atoms with Gasteiger partial charge in [-0.15, -0.1) is 0 Å². The van der Waals surface area contributed by atoms with Crippen LogP contribution in [0.4, 0.5) is 0 Å². The Morgan fingerprint density at radius 2 is 1.93 bits per heavy atom. The number of piperidine rings is 1. The molecule has 2 aliphatic heterocycles. The molecule has 1 atom stereocenters. The number of hydrogen-bond donors (Lipinski definition) is 2. The van der Waals surface area contributed by atoms with Gasteiger partial charge in [0.15, 0.2) is 0 Å². The van der Waals surface area contributed by atoms with Gasteiger partial charge in [0.05, 0.1) is 19.2 Å².